The molecule has 2 N–H and O–H groups in total. The van der Waals surface area contributed by atoms with E-state index in [9.17, 15) is 4.79 Å². The monoisotopic (exact) mass is 304 g/mol. The van der Waals surface area contributed by atoms with Crippen LogP contribution in [0.2, 0.25) is 0 Å². The predicted octanol–water partition coefficient (Wildman–Crippen LogP) is 3.73. The van der Waals surface area contributed by atoms with Crippen molar-refractivity contribution in [2.75, 3.05) is 18.5 Å². The second-order valence-electron chi connectivity index (χ2n) is 5.90. The van der Waals surface area contributed by atoms with E-state index < -0.39 is 0 Å². The SMILES string of the molecule is CCOc1ccccc1NC(=O)CNC1CCCCCCC1. The summed E-state index contributed by atoms with van der Waals surface area (Å²) >= 11 is 0. The van der Waals surface area contributed by atoms with Gasteiger partial charge in [-0.3, -0.25) is 4.79 Å². The summed E-state index contributed by atoms with van der Waals surface area (Å²) < 4.78 is 5.53. The summed E-state index contributed by atoms with van der Waals surface area (Å²) in [5.41, 5.74) is 0.744. The first-order valence-electron chi connectivity index (χ1n) is 8.54. The van der Waals surface area contributed by atoms with Crippen LogP contribution in [0.15, 0.2) is 24.3 Å². The van der Waals surface area contributed by atoms with Crippen molar-refractivity contribution in [3.05, 3.63) is 24.3 Å². The van der Waals surface area contributed by atoms with Crippen molar-refractivity contribution in [2.45, 2.75) is 57.9 Å². The Morgan fingerprint density at radius 1 is 1.14 bits per heavy atom. The number of para-hydroxylation sites is 2. The molecule has 122 valence electrons. The van der Waals surface area contributed by atoms with E-state index in [0.717, 1.165) is 11.4 Å². The molecule has 1 aliphatic rings. The molecule has 0 saturated heterocycles. The van der Waals surface area contributed by atoms with Gasteiger partial charge in [0.25, 0.3) is 0 Å². The van der Waals surface area contributed by atoms with Gasteiger partial charge in [-0.15, -0.1) is 0 Å². The highest BCUT2D eigenvalue weighted by Gasteiger charge is 2.13. The van der Waals surface area contributed by atoms with Crippen LogP contribution in [-0.4, -0.2) is 25.1 Å². The molecule has 0 aromatic heterocycles. The molecule has 0 aliphatic heterocycles. The summed E-state index contributed by atoms with van der Waals surface area (Å²) in [6, 6.07) is 8.04. The summed E-state index contributed by atoms with van der Waals surface area (Å²) in [6.07, 6.45) is 8.92. The molecule has 1 aromatic carbocycles. The van der Waals surface area contributed by atoms with E-state index in [2.05, 4.69) is 10.6 Å². The zero-order chi connectivity index (χ0) is 15.6. The van der Waals surface area contributed by atoms with Gasteiger partial charge in [0, 0.05) is 6.04 Å². The lowest BCUT2D eigenvalue weighted by Gasteiger charge is -2.21. The highest BCUT2D eigenvalue weighted by Crippen LogP contribution is 2.23. The molecule has 1 aromatic rings. The number of hydrogen-bond acceptors (Lipinski definition) is 3. The fourth-order valence-electron chi connectivity index (χ4n) is 2.94. The van der Waals surface area contributed by atoms with Crippen molar-refractivity contribution in [1.82, 2.24) is 5.32 Å². The minimum atomic E-state index is -0.00536. The molecule has 2 rings (SSSR count). The van der Waals surface area contributed by atoms with Gasteiger partial charge in [-0.05, 0) is 31.9 Å². The highest BCUT2D eigenvalue weighted by molar-refractivity contribution is 5.93. The summed E-state index contributed by atoms with van der Waals surface area (Å²) in [7, 11) is 0. The number of nitrogens with one attached hydrogen (secondary N) is 2. The first-order valence-corrected chi connectivity index (χ1v) is 8.54. The number of anilines is 1. The maximum absolute atomic E-state index is 12.1. The van der Waals surface area contributed by atoms with E-state index in [1.165, 1.54) is 44.9 Å². The number of hydrogen-bond donors (Lipinski definition) is 2. The summed E-state index contributed by atoms with van der Waals surface area (Å²) in [6.45, 7) is 2.90. The fraction of sp³-hybridized carbons (Fsp3) is 0.611. The van der Waals surface area contributed by atoms with Crippen LogP contribution in [0.25, 0.3) is 0 Å². The maximum Gasteiger partial charge on any atom is 0.238 e. The lowest BCUT2D eigenvalue weighted by atomic mass is 9.97. The summed E-state index contributed by atoms with van der Waals surface area (Å²) in [5.74, 6) is 0.721. The molecule has 0 unspecified atom stereocenters. The Kier molecular flexibility index (Phi) is 7.23. The van der Waals surface area contributed by atoms with Crippen LogP contribution in [0.3, 0.4) is 0 Å². The molecule has 0 heterocycles. The topological polar surface area (TPSA) is 50.4 Å². The average Bonchev–Trinajstić information content (AvgIpc) is 2.48. The van der Waals surface area contributed by atoms with Crippen molar-refractivity contribution in [1.29, 1.82) is 0 Å². The second kappa shape index (κ2) is 9.46. The van der Waals surface area contributed by atoms with Crippen LogP contribution >= 0.6 is 0 Å². The van der Waals surface area contributed by atoms with Crippen LogP contribution in [0.1, 0.15) is 51.9 Å². The molecule has 0 bridgehead atoms. The molecule has 4 nitrogen and oxygen atoms in total. The lowest BCUT2D eigenvalue weighted by molar-refractivity contribution is -0.115. The Morgan fingerprint density at radius 3 is 2.55 bits per heavy atom. The van der Waals surface area contributed by atoms with E-state index in [1.807, 2.05) is 31.2 Å². The Labute approximate surface area is 133 Å². The van der Waals surface area contributed by atoms with E-state index in [0.29, 0.717) is 19.2 Å². The van der Waals surface area contributed by atoms with Crippen molar-refractivity contribution < 1.29 is 9.53 Å². The Hall–Kier alpha value is -1.55. The fourth-order valence-corrected chi connectivity index (χ4v) is 2.94. The zero-order valence-electron chi connectivity index (χ0n) is 13.6. The van der Waals surface area contributed by atoms with Gasteiger partial charge in [-0.2, -0.15) is 0 Å². The number of rotatable bonds is 6. The third-order valence-electron chi connectivity index (χ3n) is 4.12. The Bertz CT molecular complexity index is 454. The van der Waals surface area contributed by atoms with Crippen LogP contribution in [0.4, 0.5) is 5.69 Å². The van der Waals surface area contributed by atoms with Gasteiger partial charge in [0.2, 0.25) is 5.91 Å². The first kappa shape index (κ1) is 16.8. The van der Waals surface area contributed by atoms with E-state index in [-0.39, 0.29) is 5.91 Å². The predicted molar refractivity (Wildman–Crippen MR) is 90.4 cm³/mol. The van der Waals surface area contributed by atoms with Crippen molar-refractivity contribution in [2.24, 2.45) is 0 Å². The van der Waals surface area contributed by atoms with Crippen molar-refractivity contribution in [3.63, 3.8) is 0 Å². The van der Waals surface area contributed by atoms with Gasteiger partial charge in [0.15, 0.2) is 0 Å². The van der Waals surface area contributed by atoms with Crippen molar-refractivity contribution in [3.8, 4) is 5.75 Å². The van der Waals surface area contributed by atoms with Crippen LogP contribution < -0.4 is 15.4 Å². The molecular formula is C18H28N2O2. The quantitative estimate of drug-likeness (QED) is 0.842. The largest absolute Gasteiger partial charge is 0.492 e. The second-order valence-corrected chi connectivity index (χ2v) is 5.90. The van der Waals surface area contributed by atoms with Gasteiger partial charge in [0.05, 0.1) is 18.8 Å². The van der Waals surface area contributed by atoms with Gasteiger partial charge in [-0.1, -0.05) is 44.2 Å². The molecule has 1 amide bonds. The molecular weight excluding hydrogens is 276 g/mol. The third-order valence-corrected chi connectivity index (χ3v) is 4.12. The Morgan fingerprint density at radius 2 is 1.82 bits per heavy atom. The van der Waals surface area contributed by atoms with Gasteiger partial charge in [-0.25, -0.2) is 0 Å². The van der Waals surface area contributed by atoms with Gasteiger partial charge >= 0.3 is 0 Å². The van der Waals surface area contributed by atoms with Crippen LogP contribution in [0, 0.1) is 0 Å². The number of amides is 1. The molecule has 0 atom stereocenters. The molecule has 1 saturated carbocycles. The zero-order valence-corrected chi connectivity index (χ0v) is 13.6. The number of carbonyl (C=O) groups is 1. The van der Waals surface area contributed by atoms with Crippen LogP contribution in [0.5, 0.6) is 5.75 Å². The minimum Gasteiger partial charge on any atom is -0.492 e. The lowest BCUT2D eigenvalue weighted by Crippen LogP contribution is -2.36. The first-order chi connectivity index (χ1) is 10.8. The highest BCUT2D eigenvalue weighted by atomic mass is 16.5. The normalized spacial score (nSPS) is 16.6. The standard InChI is InChI=1S/C18H28N2O2/c1-2-22-17-13-9-8-12-16(17)20-18(21)14-19-15-10-6-4-3-5-7-11-15/h8-9,12-13,15,19H,2-7,10-11,14H2,1H3,(H,20,21). The smallest absolute Gasteiger partial charge is 0.238 e. The summed E-state index contributed by atoms with van der Waals surface area (Å²) in [5, 5.41) is 6.34. The molecule has 1 fully saturated rings. The Balaban J connectivity index is 1.79. The number of benzene rings is 1. The van der Waals surface area contributed by atoms with Gasteiger partial charge < -0.3 is 15.4 Å². The number of ether oxygens (including phenoxy) is 1. The molecule has 0 radical (unpaired) electrons. The molecule has 0 spiro atoms. The number of carbonyl (C=O) groups excluding carboxylic acids is 1. The van der Waals surface area contributed by atoms with Crippen molar-refractivity contribution >= 4 is 11.6 Å². The maximum atomic E-state index is 12.1. The van der Waals surface area contributed by atoms with E-state index in [1.54, 1.807) is 0 Å². The summed E-state index contributed by atoms with van der Waals surface area (Å²) in [4.78, 5) is 12.1. The van der Waals surface area contributed by atoms with E-state index >= 15 is 0 Å². The molecule has 22 heavy (non-hydrogen) atoms. The van der Waals surface area contributed by atoms with Gasteiger partial charge in [0.1, 0.15) is 5.75 Å². The van der Waals surface area contributed by atoms with Crippen LogP contribution in [-0.2, 0) is 4.79 Å². The molecule has 1 aliphatic carbocycles. The third kappa shape index (κ3) is 5.68. The van der Waals surface area contributed by atoms with E-state index in [4.69, 9.17) is 4.74 Å². The average molecular weight is 304 g/mol. The molecule has 4 heteroatoms. The minimum absolute atomic E-state index is 0.00536.